The Hall–Kier alpha value is -3.40. The van der Waals surface area contributed by atoms with Gasteiger partial charge in [-0.15, -0.1) is 0 Å². The molecule has 0 saturated carbocycles. The van der Waals surface area contributed by atoms with E-state index >= 15 is 0 Å². The summed E-state index contributed by atoms with van der Waals surface area (Å²) in [6.45, 7) is 0.356. The first-order valence-electron chi connectivity index (χ1n) is 8.51. The first kappa shape index (κ1) is 21.3. The van der Waals surface area contributed by atoms with Crippen molar-refractivity contribution in [1.29, 1.82) is 0 Å². The monoisotopic (exact) mass is 438 g/mol. The highest BCUT2D eigenvalue weighted by Crippen LogP contribution is 2.29. The van der Waals surface area contributed by atoms with E-state index in [2.05, 4.69) is 25.1 Å². The number of benzene rings is 2. The smallest absolute Gasteiger partial charge is 0.391 e. The Morgan fingerprint density at radius 2 is 2.00 bits per heavy atom. The SMILES string of the molecule is O=C(NCC=NOCc1cccc(Cl)c1)c1ccc(-c2noc(C(F)(F)F)n2)cc1. The summed E-state index contributed by atoms with van der Waals surface area (Å²) >= 11 is 5.87. The zero-order valence-electron chi connectivity index (χ0n) is 15.2. The van der Waals surface area contributed by atoms with Crippen molar-refractivity contribution >= 4 is 23.7 Å². The van der Waals surface area contributed by atoms with E-state index in [-0.39, 0.29) is 24.5 Å². The number of alkyl halides is 3. The topological polar surface area (TPSA) is 89.6 Å². The summed E-state index contributed by atoms with van der Waals surface area (Å²) < 4.78 is 41.7. The lowest BCUT2D eigenvalue weighted by Gasteiger charge is -2.03. The van der Waals surface area contributed by atoms with E-state index in [4.69, 9.17) is 16.4 Å². The summed E-state index contributed by atoms with van der Waals surface area (Å²) in [6.07, 6.45) is -3.33. The van der Waals surface area contributed by atoms with Crippen LogP contribution in [0.15, 0.2) is 58.2 Å². The van der Waals surface area contributed by atoms with Crippen LogP contribution in [0.4, 0.5) is 13.2 Å². The number of hydrogen-bond acceptors (Lipinski definition) is 6. The lowest BCUT2D eigenvalue weighted by atomic mass is 10.1. The minimum atomic E-state index is -4.72. The molecule has 0 radical (unpaired) electrons. The van der Waals surface area contributed by atoms with Crippen LogP contribution < -0.4 is 5.32 Å². The normalized spacial score (nSPS) is 11.6. The quantitative estimate of drug-likeness (QED) is 0.438. The largest absolute Gasteiger partial charge is 0.471 e. The first-order chi connectivity index (χ1) is 14.3. The molecule has 0 atom stereocenters. The maximum absolute atomic E-state index is 12.5. The highest BCUT2D eigenvalue weighted by Gasteiger charge is 2.38. The zero-order chi connectivity index (χ0) is 21.6. The van der Waals surface area contributed by atoms with E-state index in [1.165, 1.54) is 30.5 Å². The molecule has 156 valence electrons. The highest BCUT2D eigenvalue weighted by atomic mass is 35.5. The van der Waals surface area contributed by atoms with Gasteiger partial charge in [-0.3, -0.25) is 4.79 Å². The van der Waals surface area contributed by atoms with Crippen LogP contribution in [-0.4, -0.2) is 28.8 Å². The number of rotatable bonds is 7. The van der Waals surface area contributed by atoms with E-state index in [1.54, 1.807) is 18.2 Å². The zero-order valence-corrected chi connectivity index (χ0v) is 15.9. The third-order valence-corrected chi connectivity index (χ3v) is 3.93. The maximum Gasteiger partial charge on any atom is 0.471 e. The van der Waals surface area contributed by atoms with E-state index < -0.39 is 18.0 Å². The van der Waals surface area contributed by atoms with Gasteiger partial charge in [0, 0.05) is 16.1 Å². The fraction of sp³-hybridized carbons (Fsp3) is 0.158. The van der Waals surface area contributed by atoms with Gasteiger partial charge in [-0.05, 0) is 29.8 Å². The van der Waals surface area contributed by atoms with Crippen LogP contribution in [0.25, 0.3) is 11.4 Å². The number of nitrogens with zero attached hydrogens (tertiary/aromatic N) is 3. The number of hydrogen-bond donors (Lipinski definition) is 1. The Bertz CT molecular complexity index is 1040. The Labute approximate surface area is 173 Å². The van der Waals surface area contributed by atoms with Crippen LogP contribution in [0.5, 0.6) is 0 Å². The summed E-state index contributed by atoms with van der Waals surface area (Å²) in [5.41, 5.74) is 1.43. The molecule has 0 aliphatic heterocycles. The molecule has 0 saturated heterocycles. The second kappa shape index (κ2) is 9.40. The highest BCUT2D eigenvalue weighted by molar-refractivity contribution is 6.30. The molecule has 1 amide bonds. The second-order valence-corrected chi connectivity index (χ2v) is 6.34. The van der Waals surface area contributed by atoms with E-state index in [1.807, 2.05) is 6.07 Å². The van der Waals surface area contributed by atoms with Gasteiger partial charge in [0.25, 0.3) is 5.91 Å². The van der Waals surface area contributed by atoms with Gasteiger partial charge in [0.1, 0.15) is 6.61 Å². The van der Waals surface area contributed by atoms with Gasteiger partial charge in [0.2, 0.25) is 5.82 Å². The molecule has 1 heterocycles. The van der Waals surface area contributed by atoms with Crippen LogP contribution in [-0.2, 0) is 17.6 Å². The van der Waals surface area contributed by atoms with Gasteiger partial charge in [-0.1, -0.05) is 46.2 Å². The Balaban J connectivity index is 1.47. The van der Waals surface area contributed by atoms with E-state index in [9.17, 15) is 18.0 Å². The van der Waals surface area contributed by atoms with Gasteiger partial charge in [-0.2, -0.15) is 18.2 Å². The number of nitrogens with one attached hydrogen (secondary N) is 1. The minimum Gasteiger partial charge on any atom is -0.391 e. The third-order valence-electron chi connectivity index (χ3n) is 3.70. The average Bonchev–Trinajstić information content (AvgIpc) is 3.21. The summed E-state index contributed by atoms with van der Waals surface area (Å²) in [7, 11) is 0. The maximum atomic E-state index is 12.5. The first-order valence-corrected chi connectivity index (χ1v) is 8.88. The number of aromatic nitrogens is 2. The van der Waals surface area contributed by atoms with E-state index in [0.29, 0.717) is 10.6 Å². The van der Waals surface area contributed by atoms with Crippen LogP contribution >= 0.6 is 11.6 Å². The molecular formula is C19H14ClF3N4O3. The number of amides is 1. The predicted octanol–water partition coefficient (Wildman–Crippen LogP) is 4.34. The molecule has 1 N–H and O–H groups in total. The van der Waals surface area contributed by atoms with E-state index in [0.717, 1.165) is 5.56 Å². The van der Waals surface area contributed by atoms with Crippen molar-refractivity contribution in [2.24, 2.45) is 5.16 Å². The summed E-state index contributed by atoms with van der Waals surface area (Å²) in [5, 5.41) is 10.2. The predicted molar refractivity (Wildman–Crippen MR) is 102 cm³/mol. The molecule has 2 aromatic carbocycles. The Morgan fingerprint density at radius 1 is 1.23 bits per heavy atom. The van der Waals surface area contributed by atoms with Crippen molar-refractivity contribution in [3.63, 3.8) is 0 Å². The number of oxime groups is 1. The molecule has 0 spiro atoms. The van der Waals surface area contributed by atoms with Crippen LogP contribution in [0.1, 0.15) is 21.8 Å². The average molecular weight is 439 g/mol. The molecule has 3 aromatic rings. The molecule has 0 aliphatic rings. The van der Waals surface area contributed by atoms with Crippen molar-refractivity contribution in [1.82, 2.24) is 15.5 Å². The fourth-order valence-electron chi connectivity index (χ4n) is 2.30. The number of halogens is 4. The van der Waals surface area contributed by atoms with Gasteiger partial charge >= 0.3 is 12.1 Å². The Morgan fingerprint density at radius 3 is 2.67 bits per heavy atom. The van der Waals surface area contributed by atoms with Gasteiger partial charge < -0.3 is 14.7 Å². The van der Waals surface area contributed by atoms with Crippen molar-refractivity contribution in [3.05, 3.63) is 70.6 Å². The fourth-order valence-corrected chi connectivity index (χ4v) is 2.51. The number of carbonyl (C=O) groups is 1. The summed E-state index contributed by atoms with van der Waals surface area (Å²) in [4.78, 5) is 20.5. The lowest BCUT2D eigenvalue weighted by Crippen LogP contribution is -2.25. The van der Waals surface area contributed by atoms with Crippen molar-refractivity contribution < 1.29 is 27.3 Å². The molecule has 0 fully saturated rings. The molecule has 30 heavy (non-hydrogen) atoms. The lowest BCUT2D eigenvalue weighted by molar-refractivity contribution is -0.159. The van der Waals surface area contributed by atoms with Gasteiger partial charge in [-0.25, -0.2) is 0 Å². The van der Waals surface area contributed by atoms with Gasteiger partial charge in [0.15, 0.2) is 0 Å². The summed E-state index contributed by atoms with van der Waals surface area (Å²) in [6, 6.07) is 12.8. The van der Waals surface area contributed by atoms with Gasteiger partial charge in [0.05, 0.1) is 12.8 Å². The molecule has 3 rings (SSSR count). The van der Waals surface area contributed by atoms with Crippen molar-refractivity contribution in [2.75, 3.05) is 6.54 Å². The van der Waals surface area contributed by atoms with Crippen LogP contribution in [0.3, 0.4) is 0 Å². The van der Waals surface area contributed by atoms with Crippen LogP contribution in [0, 0.1) is 0 Å². The molecule has 0 bridgehead atoms. The third kappa shape index (κ3) is 5.80. The molecule has 0 unspecified atom stereocenters. The standard InChI is InChI=1S/C19H14ClF3N4O3/c20-15-3-1-2-12(10-15)11-29-25-9-8-24-17(28)14-6-4-13(5-7-14)16-26-18(30-27-16)19(21,22)23/h1-7,9-10H,8,11H2,(H,24,28). The molecule has 0 aliphatic carbocycles. The number of carbonyl (C=O) groups excluding carboxylic acids is 1. The Kier molecular flexibility index (Phi) is 6.68. The van der Waals surface area contributed by atoms with Crippen molar-refractivity contribution in [3.8, 4) is 11.4 Å². The molecule has 11 heteroatoms. The second-order valence-electron chi connectivity index (χ2n) is 5.90. The molecular weight excluding hydrogens is 425 g/mol. The summed E-state index contributed by atoms with van der Waals surface area (Å²) in [5.74, 6) is -2.05. The molecule has 1 aromatic heterocycles. The minimum absolute atomic E-state index is 0.121. The van der Waals surface area contributed by atoms with Crippen molar-refractivity contribution in [2.45, 2.75) is 12.8 Å². The molecule has 7 nitrogen and oxygen atoms in total. The van der Waals surface area contributed by atoms with Crippen LogP contribution in [0.2, 0.25) is 5.02 Å².